The van der Waals surface area contributed by atoms with E-state index in [0.717, 1.165) is 5.56 Å². The highest BCUT2D eigenvalue weighted by Gasteiger charge is 2.20. The topological polar surface area (TPSA) is 58.6 Å². The first-order valence-corrected chi connectivity index (χ1v) is 5.75. The maximum absolute atomic E-state index is 11.6. The Morgan fingerprint density at radius 3 is 2.47 bits per heavy atom. The summed E-state index contributed by atoms with van der Waals surface area (Å²) in [4.78, 5) is 14.0. The number of esters is 1. The standard InChI is InChI=1S/C12H16ClNO3/c1-8(2)17-12(16)11(14-13)7-9-3-5-10(15)6-4-9/h3-6,8,11,14-15H,7H2,1-2H3/t11-/m0/s1. The molecule has 0 spiro atoms. The van der Waals surface area contributed by atoms with Crippen LogP contribution in [0.25, 0.3) is 0 Å². The molecular weight excluding hydrogens is 242 g/mol. The summed E-state index contributed by atoms with van der Waals surface area (Å²) < 4.78 is 5.06. The van der Waals surface area contributed by atoms with Crippen LogP contribution in [0, 0.1) is 0 Å². The van der Waals surface area contributed by atoms with Crippen molar-refractivity contribution < 1.29 is 14.6 Å². The van der Waals surface area contributed by atoms with Gasteiger partial charge in [0.05, 0.1) is 6.10 Å². The summed E-state index contributed by atoms with van der Waals surface area (Å²) in [6.07, 6.45) is 0.241. The largest absolute Gasteiger partial charge is 0.508 e. The van der Waals surface area contributed by atoms with E-state index in [1.54, 1.807) is 38.1 Å². The number of ether oxygens (including phenoxy) is 1. The number of rotatable bonds is 5. The first-order valence-electron chi connectivity index (χ1n) is 5.37. The van der Waals surface area contributed by atoms with Gasteiger partial charge in [0.2, 0.25) is 0 Å². The Morgan fingerprint density at radius 1 is 1.41 bits per heavy atom. The highest BCUT2D eigenvalue weighted by molar-refractivity contribution is 6.14. The number of hydrogen-bond acceptors (Lipinski definition) is 4. The van der Waals surface area contributed by atoms with E-state index in [-0.39, 0.29) is 17.8 Å². The van der Waals surface area contributed by atoms with Crippen molar-refractivity contribution in [3.8, 4) is 5.75 Å². The van der Waals surface area contributed by atoms with Crippen molar-refractivity contribution in [3.63, 3.8) is 0 Å². The lowest BCUT2D eigenvalue weighted by Gasteiger charge is -2.16. The van der Waals surface area contributed by atoms with Crippen LogP contribution in [0.5, 0.6) is 5.75 Å². The summed E-state index contributed by atoms with van der Waals surface area (Å²) in [5, 5.41) is 9.14. The fourth-order valence-corrected chi connectivity index (χ4v) is 1.51. The SMILES string of the molecule is CC(C)OC(=O)[C@H](Cc1ccc(O)cc1)NCl. The van der Waals surface area contributed by atoms with Crippen LogP contribution in [0.1, 0.15) is 19.4 Å². The van der Waals surface area contributed by atoms with Crippen molar-refractivity contribution in [2.24, 2.45) is 0 Å². The van der Waals surface area contributed by atoms with Crippen LogP contribution in [-0.4, -0.2) is 23.2 Å². The third-order valence-corrected chi connectivity index (χ3v) is 2.41. The number of hydrogen-bond donors (Lipinski definition) is 2. The zero-order valence-electron chi connectivity index (χ0n) is 9.81. The highest BCUT2D eigenvalue weighted by Crippen LogP contribution is 2.12. The molecule has 0 radical (unpaired) electrons. The molecule has 0 bridgehead atoms. The molecule has 0 aromatic heterocycles. The molecule has 0 heterocycles. The minimum atomic E-state index is -0.594. The zero-order valence-corrected chi connectivity index (χ0v) is 10.6. The molecule has 17 heavy (non-hydrogen) atoms. The van der Waals surface area contributed by atoms with Gasteiger partial charge in [-0.1, -0.05) is 12.1 Å². The van der Waals surface area contributed by atoms with Gasteiger partial charge in [-0.15, -0.1) is 0 Å². The molecule has 1 aromatic rings. The lowest BCUT2D eigenvalue weighted by Crippen LogP contribution is -2.36. The molecule has 0 fully saturated rings. The second kappa shape index (κ2) is 6.47. The number of phenolic OH excluding ortho intramolecular Hbond substituents is 1. The molecule has 0 unspecified atom stereocenters. The monoisotopic (exact) mass is 257 g/mol. The maximum atomic E-state index is 11.6. The number of phenols is 1. The molecule has 1 atom stereocenters. The predicted molar refractivity (Wildman–Crippen MR) is 65.8 cm³/mol. The Balaban J connectivity index is 2.63. The maximum Gasteiger partial charge on any atom is 0.324 e. The van der Waals surface area contributed by atoms with Crippen molar-refractivity contribution in [3.05, 3.63) is 29.8 Å². The van der Waals surface area contributed by atoms with Gasteiger partial charge in [0.1, 0.15) is 11.8 Å². The average molecular weight is 258 g/mol. The summed E-state index contributed by atoms with van der Waals surface area (Å²) in [5.74, 6) is -0.197. The van der Waals surface area contributed by atoms with E-state index in [1.807, 2.05) is 0 Å². The zero-order chi connectivity index (χ0) is 12.8. The van der Waals surface area contributed by atoms with Crippen molar-refractivity contribution in [1.82, 2.24) is 4.84 Å². The van der Waals surface area contributed by atoms with Gasteiger partial charge in [-0.05, 0) is 49.7 Å². The summed E-state index contributed by atoms with van der Waals surface area (Å²) in [7, 11) is 0. The normalized spacial score (nSPS) is 12.5. The van der Waals surface area contributed by atoms with Crippen LogP contribution in [0.15, 0.2) is 24.3 Å². The highest BCUT2D eigenvalue weighted by atomic mass is 35.5. The Hall–Kier alpha value is -1.26. The lowest BCUT2D eigenvalue weighted by atomic mass is 10.1. The number of carbonyl (C=O) groups excluding carboxylic acids is 1. The molecule has 1 aromatic carbocycles. The van der Waals surface area contributed by atoms with Crippen LogP contribution in [0.2, 0.25) is 0 Å². The van der Waals surface area contributed by atoms with Gasteiger partial charge in [0, 0.05) is 0 Å². The molecule has 2 N–H and O–H groups in total. The molecule has 0 saturated carbocycles. The summed E-state index contributed by atoms with van der Waals surface area (Å²) in [6, 6.07) is 6.00. The van der Waals surface area contributed by atoms with Crippen LogP contribution in [0.4, 0.5) is 0 Å². The van der Waals surface area contributed by atoms with Crippen LogP contribution < -0.4 is 4.84 Å². The molecule has 0 saturated heterocycles. The van der Waals surface area contributed by atoms with Crippen molar-refractivity contribution in [2.75, 3.05) is 0 Å². The lowest BCUT2D eigenvalue weighted by molar-refractivity contribution is -0.149. The van der Waals surface area contributed by atoms with Gasteiger partial charge >= 0.3 is 5.97 Å². The first-order chi connectivity index (χ1) is 8.02. The van der Waals surface area contributed by atoms with Gasteiger partial charge < -0.3 is 9.84 Å². The van der Waals surface area contributed by atoms with E-state index in [0.29, 0.717) is 6.42 Å². The van der Waals surface area contributed by atoms with E-state index < -0.39 is 6.04 Å². The van der Waals surface area contributed by atoms with Gasteiger partial charge in [-0.25, -0.2) is 4.84 Å². The minimum absolute atomic E-state index is 0.171. The van der Waals surface area contributed by atoms with Gasteiger partial charge in [0.25, 0.3) is 0 Å². The van der Waals surface area contributed by atoms with Gasteiger partial charge in [-0.2, -0.15) is 0 Å². The number of benzene rings is 1. The summed E-state index contributed by atoms with van der Waals surface area (Å²) in [6.45, 7) is 3.56. The number of halogens is 1. The van der Waals surface area contributed by atoms with E-state index in [4.69, 9.17) is 21.6 Å². The molecule has 0 aliphatic carbocycles. The molecule has 0 amide bonds. The fourth-order valence-electron chi connectivity index (χ4n) is 1.35. The number of aromatic hydroxyl groups is 1. The van der Waals surface area contributed by atoms with Crippen LogP contribution >= 0.6 is 11.8 Å². The molecule has 4 nitrogen and oxygen atoms in total. The van der Waals surface area contributed by atoms with Crippen molar-refractivity contribution in [1.29, 1.82) is 0 Å². The molecule has 0 aliphatic rings. The minimum Gasteiger partial charge on any atom is -0.508 e. The molecule has 0 aliphatic heterocycles. The molecule has 1 rings (SSSR count). The number of carbonyl (C=O) groups is 1. The van der Waals surface area contributed by atoms with E-state index in [2.05, 4.69) is 4.84 Å². The van der Waals surface area contributed by atoms with Gasteiger partial charge in [0.15, 0.2) is 0 Å². The first kappa shape index (κ1) is 13.8. The van der Waals surface area contributed by atoms with Crippen molar-refractivity contribution in [2.45, 2.75) is 32.4 Å². The average Bonchev–Trinajstić information content (AvgIpc) is 2.27. The quantitative estimate of drug-likeness (QED) is 0.626. The Labute approximate surface area is 106 Å². The molecular formula is C12H16ClNO3. The van der Waals surface area contributed by atoms with Crippen LogP contribution in [-0.2, 0) is 16.0 Å². The van der Waals surface area contributed by atoms with E-state index in [1.165, 1.54) is 0 Å². The number of nitrogens with one attached hydrogen (secondary N) is 1. The smallest absolute Gasteiger partial charge is 0.324 e. The van der Waals surface area contributed by atoms with E-state index in [9.17, 15) is 4.79 Å². The second-order valence-electron chi connectivity index (χ2n) is 4.02. The third kappa shape index (κ3) is 4.63. The van der Waals surface area contributed by atoms with Gasteiger partial charge in [-0.3, -0.25) is 4.79 Å². The fraction of sp³-hybridized carbons (Fsp3) is 0.417. The Bertz CT molecular complexity index is 365. The molecule has 94 valence electrons. The Kier molecular flexibility index (Phi) is 5.25. The van der Waals surface area contributed by atoms with E-state index >= 15 is 0 Å². The molecule has 5 heteroatoms. The van der Waals surface area contributed by atoms with Crippen LogP contribution in [0.3, 0.4) is 0 Å². The third-order valence-electron chi connectivity index (χ3n) is 2.14. The Morgan fingerprint density at radius 2 is 2.00 bits per heavy atom. The van der Waals surface area contributed by atoms with Crippen molar-refractivity contribution >= 4 is 17.7 Å². The predicted octanol–water partition coefficient (Wildman–Crippen LogP) is 2.00. The summed E-state index contributed by atoms with van der Waals surface area (Å²) in [5.41, 5.74) is 0.890. The second-order valence-corrected chi connectivity index (χ2v) is 4.24. The summed E-state index contributed by atoms with van der Waals surface area (Å²) >= 11 is 5.53.